The van der Waals surface area contributed by atoms with E-state index in [1.54, 1.807) is 0 Å². The molecule has 0 aliphatic carbocycles. The van der Waals surface area contributed by atoms with E-state index in [0.717, 1.165) is 18.7 Å². The van der Waals surface area contributed by atoms with E-state index >= 15 is 0 Å². The molecule has 7 heteroatoms. The van der Waals surface area contributed by atoms with Crippen LogP contribution < -0.4 is 4.90 Å². The van der Waals surface area contributed by atoms with Gasteiger partial charge in [0.2, 0.25) is 9.84 Å². The van der Waals surface area contributed by atoms with Gasteiger partial charge in [0.05, 0.1) is 4.90 Å². The second-order valence-corrected chi connectivity index (χ2v) is 6.27. The lowest BCUT2D eigenvalue weighted by atomic mass is 10.2. The molecular formula is C12H16ClF2NO2S. The molecule has 0 bridgehead atoms. The summed E-state index contributed by atoms with van der Waals surface area (Å²) in [5.41, 5.74) is 0.774. The molecule has 0 radical (unpaired) electrons. The van der Waals surface area contributed by atoms with Crippen LogP contribution in [0.1, 0.15) is 13.3 Å². The van der Waals surface area contributed by atoms with E-state index < -0.39 is 15.6 Å². The molecule has 0 aliphatic heterocycles. The summed E-state index contributed by atoms with van der Waals surface area (Å²) in [6.07, 6.45) is 0.911. The topological polar surface area (TPSA) is 37.4 Å². The third-order valence-electron chi connectivity index (χ3n) is 2.61. The monoisotopic (exact) mass is 311 g/mol. The van der Waals surface area contributed by atoms with Gasteiger partial charge in [-0.15, -0.1) is 11.6 Å². The Balaban J connectivity index is 2.98. The van der Waals surface area contributed by atoms with Crippen molar-refractivity contribution in [3.05, 3.63) is 24.3 Å². The number of sulfone groups is 1. The van der Waals surface area contributed by atoms with Crippen LogP contribution in [0.4, 0.5) is 14.5 Å². The van der Waals surface area contributed by atoms with Crippen molar-refractivity contribution in [3.8, 4) is 0 Å². The van der Waals surface area contributed by atoms with Gasteiger partial charge in [-0.25, -0.2) is 8.42 Å². The Labute approximate surface area is 117 Å². The fourth-order valence-electron chi connectivity index (χ4n) is 1.69. The highest BCUT2D eigenvalue weighted by Gasteiger charge is 2.26. The number of alkyl halides is 3. The number of halogens is 3. The van der Waals surface area contributed by atoms with Crippen LogP contribution >= 0.6 is 11.6 Å². The lowest BCUT2D eigenvalue weighted by Crippen LogP contribution is -2.26. The normalized spacial score (nSPS) is 11.8. The zero-order valence-corrected chi connectivity index (χ0v) is 12.1. The molecule has 108 valence electrons. The summed E-state index contributed by atoms with van der Waals surface area (Å²) >= 11 is 5.69. The molecule has 3 nitrogen and oxygen atoms in total. The molecule has 0 aromatic heterocycles. The molecule has 0 unspecified atom stereocenters. The Hall–Kier alpha value is -0.880. The van der Waals surface area contributed by atoms with Gasteiger partial charge in [-0.05, 0) is 30.7 Å². The van der Waals surface area contributed by atoms with Gasteiger partial charge in [0.25, 0.3) is 0 Å². The number of benzene rings is 1. The number of rotatable bonds is 7. The van der Waals surface area contributed by atoms with Gasteiger partial charge >= 0.3 is 5.76 Å². The van der Waals surface area contributed by atoms with Gasteiger partial charge in [0, 0.05) is 24.7 Å². The van der Waals surface area contributed by atoms with Crippen LogP contribution in [-0.4, -0.2) is 33.1 Å². The van der Waals surface area contributed by atoms with Crippen LogP contribution in [0.3, 0.4) is 0 Å². The Kier molecular flexibility index (Phi) is 6.00. The van der Waals surface area contributed by atoms with Crippen LogP contribution in [0.2, 0.25) is 0 Å². The minimum atomic E-state index is -4.52. The zero-order chi connectivity index (χ0) is 14.5. The summed E-state index contributed by atoms with van der Waals surface area (Å²) in [5.74, 6) is -2.95. The minimum absolute atomic E-state index is 0.367. The molecule has 0 N–H and O–H groups in total. The molecule has 0 heterocycles. The number of hydrogen-bond acceptors (Lipinski definition) is 3. The van der Waals surface area contributed by atoms with Crippen molar-refractivity contribution < 1.29 is 17.2 Å². The highest BCUT2D eigenvalue weighted by molar-refractivity contribution is 7.91. The third-order valence-corrected chi connectivity index (χ3v) is 4.18. The number of hydrogen-bond donors (Lipinski definition) is 0. The van der Waals surface area contributed by atoms with Crippen LogP contribution in [-0.2, 0) is 9.84 Å². The predicted molar refractivity (Wildman–Crippen MR) is 72.9 cm³/mol. The summed E-state index contributed by atoms with van der Waals surface area (Å²) in [6.45, 7) is 3.40. The van der Waals surface area contributed by atoms with Crippen molar-refractivity contribution in [3.63, 3.8) is 0 Å². The molecule has 1 rings (SSSR count). The molecule has 0 saturated heterocycles. The molecule has 19 heavy (non-hydrogen) atoms. The highest BCUT2D eigenvalue weighted by atomic mass is 35.5. The first-order chi connectivity index (χ1) is 8.93. The van der Waals surface area contributed by atoms with E-state index in [2.05, 4.69) is 0 Å². The van der Waals surface area contributed by atoms with E-state index in [1.165, 1.54) is 24.3 Å². The van der Waals surface area contributed by atoms with Crippen molar-refractivity contribution in [2.45, 2.75) is 24.0 Å². The molecule has 1 aromatic rings. The maximum absolute atomic E-state index is 12.4. The van der Waals surface area contributed by atoms with Crippen LogP contribution in [0.5, 0.6) is 0 Å². The second kappa shape index (κ2) is 7.05. The predicted octanol–water partition coefficient (Wildman–Crippen LogP) is 3.14. The molecular weight excluding hydrogens is 296 g/mol. The molecule has 1 aromatic carbocycles. The van der Waals surface area contributed by atoms with Gasteiger partial charge in [-0.1, -0.05) is 6.92 Å². The second-order valence-electron chi connectivity index (χ2n) is 3.98. The SMILES string of the molecule is CCCN(CCCl)c1ccc(S(=O)(=O)C(F)F)cc1. The summed E-state index contributed by atoms with van der Waals surface area (Å²) in [5, 5.41) is 0. The largest absolute Gasteiger partial charge is 0.370 e. The van der Waals surface area contributed by atoms with Crippen molar-refractivity contribution in [1.29, 1.82) is 0 Å². The Bertz CT molecular complexity index is 485. The Morgan fingerprint density at radius 2 is 1.79 bits per heavy atom. The molecule has 0 amide bonds. The maximum Gasteiger partial charge on any atom is 0.341 e. The van der Waals surface area contributed by atoms with Crippen molar-refractivity contribution >= 4 is 27.1 Å². The fourth-order valence-corrected chi connectivity index (χ4v) is 2.62. The Morgan fingerprint density at radius 3 is 2.21 bits per heavy atom. The minimum Gasteiger partial charge on any atom is -0.370 e. The van der Waals surface area contributed by atoms with Gasteiger partial charge in [0.1, 0.15) is 0 Å². The van der Waals surface area contributed by atoms with Gasteiger partial charge < -0.3 is 4.90 Å². The summed E-state index contributed by atoms with van der Waals surface area (Å²) in [4.78, 5) is 1.61. The maximum atomic E-state index is 12.4. The van der Waals surface area contributed by atoms with Crippen LogP contribution in [0.15, 0.2) is 29.2 Å². The molecule has 0 spiro atoms. The first-order valence-electron chi connectivity index (χ1n) is 5.86. The molecule has 0 fully saturated rings. The standard InChI is InChI=1S/C12H16ClF2NO2S/c1-2-8-16(9-7-13)10-3-5-11(6-4-10)19(17,18)12(14)15/h3-6,12H,2,7-9H2,1H3. The molecule has 0 atom stereocenters. The van der Waals surface area contributed by atoms with E-state index in [-0.39, 0.29) is 4.90 Å². The first-order valence-corrected chi connectivity index (χ1v) is 7.94. The lowest BCUT2D eigenvalue weighted by Gasteiger charge is -2.23. The zero-order valence-electron chi connectivity index (χ0n) is 10.5. The smallest absolute Gasteiger partial charge is 0.341 e. The number of nitrogens with zero attached hydrogens (tertiary/aromatic N) is 1. The third kappa shape index (κ3) is 4.04. The van der Waals surface area contributed by atoms with Gasteiger partial charge in [-0.3, -0.25) is 0 Å². The first kappa shape index (κ1) is 16.2. The van der Waals surface area contributed by atoms with E-state index in [4.69, 9.17) is 11.6 Å². The van der Waals surface area contributed by atoms with Crippen molar-refractivity contribution in [2.24, 2.45) is 0 Å². The Morgan fingerprint density at radius 1 is 1.21 bits per heavy atom. The van der Waals surface area contributed by atoms with Crippen molar-refractivity contribution in [2.75, 3.05) is 23.9 Å². The molecule has 0 saturated carbocycles. The number of anilines is 1. The van der Waals surface area contributed by atoms with E-state index in [1.807, 2.05) is 11.8 Å². The summed E-state index contributed by atoms with van der Waals surface area (Å²) in [6, 6.07) is 5.45. The summed E-state index contributed by atoms with van der Waals surface area (Å²) < 4.78 is 47.3. The average molecular weight is 312 g/mol. The van der Waals surface area contributed by atoms with Crippen molar-refractivity contribution in [1.82, 2.24) is 0 Å². The van der Waals surface area contributed by atoms with Gasteiger partial charge in [-0.2, -0.15) is 8.78 Å². The molecule has 0 aliphatic rings. The van der Waals surface area contributed by atoms with Crippen LogP contribution in [0, 0.1) is 0 Å². The quantitative estimate of drug-likeness (QED) is 0.726. The van der Waals surface area contributed by atoms with E-state index in [0.29, 0.717) is 12.4 Å². The highest BCUT2D eigenvalue weighted by Crippen LogP contribution is 2.22. The fraction of sp³-hybridized carbons (Fsp3) is 0.500. The lowest BCUT2D eigenvalue weighted by molar-refractivity contribution is 0.234. The summed E-state index contributed by atoms with van der Waals surface area (Å²) in [7, 11) is -4.52. The van der Waals surface area contributed by atoms with Gasteiger partial charge in [0.15, 0.2) is 0 Å². The van der Waals surface area contributed by atoms with E-state index in [9.17, 15) is 17.2 Å². The average Bonchev–Trinajstić information content (AvgIpc) is 2.38. The van der Waals surface area contributed by atoms with Crippen LogP contribution in [0.25, 0.3) is 0 Å².